The molecule has 1 aromatic carbocycles. The molecule has 1 aliphatic carbocycles. The lowest BCUT2D eigenvalue weighted by Crippen LogP contribution is -2.36. The minimum atomic E-state index is -0.288. The Labute approximate surface area is 141 Å². The first kappa shape index (κ1) is 17.3. The molecule has 23 heavy (non-hydrogen) atoms. The van der Waals surface area contributed by atoms with Crippen LogP contribution in [0.1, 0.15) is 37.8 Å². The van der Waals surface area contributed by atoms with Gasteiger partial charge in [-0.3, -0.25) is 10.1 Å². The molecule has 1 heterocycles. The minimum Gasteiger partial charge on any atom is -0.309 e. The van der Waals surface area contributed by atoms with Gasteiger partial charge in [0, 0.05) is 6.04 Å². The van der Waals surface area contributed by atoms with Gasteiger partial charge in [-0.25, -0.2) is 4.98 Å². The highest BCUT2D eigenvalue weighted by Crippen LogP contribution is 2.37. The Balaban J connectivity index is 0.00000192. The van der Waals surface area contributed by atoms with Gasteiger partial charge in [-0.05, 0) is 51.4 Å². The number of likely N-dealkylation sites (N-methyl/N-ethyl adjacent to an activating group) is 1. The molecule has 0 spiro atoms. The average molecular weight is 334 g/mol. The molecule has 2 aromatic rings. The molecule has 6 nitrogen and oxygen atoms in total. The first-order valence-electron chi connectivity index (χ1n) is 7.54. The zero-order chi connectivity index (χ0) is 15.7. The summed E-state index contributed by atoms with van der Waals surface area (Å²) in [7, 11) is 1.75. The number of carbonyl (C=O) groups excluding carboxylic acids is 1. The summed E-state index contributed by atoms with van der Waals surface area (Å²) >= 11 is 0. The molecular weight excluding hydrogens is 314 g/mol. The van der Waals surface area contributed by atoms with Gasteiger partial charge in [0.1, 0.15) is 0 Å². The molecule has 1 fully saturated rings. The normalized spacial score (nSPS) is 15.3. The topological polar surface area (TPSA) is 82.7 Å². The Morgan fingerprint density at radius 2 is 2.22 bits per heavy atom. The van der Waals surface area contributed by atoms with Crippen molar-refractivity contribution in [2.24, 2.45) is 0 Å². The molecule has 0 aliphatic heterocycles. The Bertz CT molecular complexity index is 760. The number of hydrogen-bond donors (Lipinski definition) is 2. The van der Waals surface area contributed by atoms with Crippen LogP contribution in [-0.4, -0.2) is 28.5 Å². The van der Waals surface area contributed by atoms with Crippen molar-refractivity contribution in [1.29, 1.82) is 5.26 Å². The second kappa shape index (κ2) is 6.99. The van der Waals surface area contributed by atoms with Crippen LogP contribution in [0.5, 0.6) is 0 Å². The van der Waals surface area contributed by atoms with E-state index in [2.05, 4.69) is 26.3 Å². The SMILES string of the molecule is CN[C@H](C)C(=O)Nc1nc2ccc(C#N)cc2n1C1CCC1.Cl. The summed E-state index contributed by atoms with van der Waals surface area (Å²) in [5.74, 6) is 0.459. The van der Waals surface area contributed by atoms with Crippen LogP contribution in [0.25, 0.3) is 11.0 Å². The Hall–Kier alpha value is -2.10. The minimum absolute atomic E-state index is 0. The number of nitriles is 1. The third-order valence-corrected chi connectivity index (χ3v) is 4.32. The molecule has 1 amide bonds. The monoisotopic (exact) mass is 333 g/mol. The van der Waals surface area contributed by atoms with Gasteiger partial charge in [0.2, 0.25) is 11.9 Å². The highest BCUT2D eigenvalue weighted by atomic mass is 35.5. The molecule has 0 unspecified atom stereocenters. The fourth-order valence-corrected chi connectivity index (χ4v) is 2.61. The molecule has 1 atom stereocenters. The standard InChI is InChI=1S/C16H19N5O.ClH/c1-10(18-2)15(22)20-16-19-13-7-6-11(9-17)8-14(13)21(16)12-4-3-5-12;/h6-8,10,12,18H,3-5H2,1-2H3,(H,19,20,22);1H/t10-;/m1./s1. The number of fused-ring (bicyclic) bond motifs is 1. The molecule has 0 saturated heterocycles. The van der Waals surface area contributed by atoms with E-state index in [9.17, 15) is 4.79 Å². The number of carbonyl (C=O) groups is 1. The Morgan fingerprint density at radius 1 is 1.48 bits per heavy atom. The van der Waals surface area contributed by atoms with E-state index in [1.165, 1.54) is 6.42 Å². The molecule has 1 aliphatic rings. The number of halogens is 1. The number of anilines is 1. The van der Waals surface area contributed by atoms with Crippen molar-refractivity contribution in [2.75, 3.05) is 12.4 Å². The third-order valence-electron chi connectivity index (χ3n) is 4.32. The summed E-state index contributed by atoms with van der Waals surface area (Å²) in [6.07, 6.45) is 3.34. The van der Waals surface area contributed by atoms with Crippen LogP contribution in [0.2, 0.25) is 0 Å². The molecule has 7 heteroatoms. The second-order valence-electron chi connectivity index (χ2n) is 5.71. The van der Waals surface area contributed by atoms with Crippen molar-refractivity contribution in [3.63, 3.8) is 0 Å². The largest absolute Gasteiger partial charge is 0.309 e. The number of nitrogens with one attached hydrogen (secondary N) is 2. The first-order chi connectivity index (χ1) is 10.6. The van der Waals surface area contributed by atoms with Crippen molar-refractivity contribution in [3.05, 3.63) is 23.8 Å². The number of aromatic nitrogens is 2. The van der Waals surface area contributed by atoms with Gasteiger partial charge >= 0.3 is 0 Å². The number of rotatable bonds is 4. The maximum atomic E-state index is 12.1. The number of hydrogen-bond acceptors (Lipinski definition) is 4. The average Bonchev–Trinajstić information content (AvgIpc) is 2.82. The molecule has 122 valence electrons. The van der Waals surface area contributed by atoms with Crippen LogP contribution in [-0.2, 0) is 4.79 Å². The molecular formula is C16H20ClN5O. The summed E-state index contributed by atoms with van der Waals surface area (Å²) in [6, 6.07) is 7.65. The van der Waals surface area contributed by atoms with E-state index in [-0.39, 0.29) is 24.4 Å². The molecule has 0 radical (unpaired) electrons. The van der Waals surface area contributed by atoms with Crippen LogP contribution in [0.3, 0.4) is 0 Å². The number of amides is 1. The van der Waals surface area contributed by atoms with Crippen LogP contribution >= 0.6 is 12.4 Å². The fourth-order valence-electron chi connectivity index (χ4n) is 2.61. The Morgan fingerprint density at radius 3 is 2.78 bits per heavy atom. The summed E-state index contributed by atoms with van der Waals surface area (Å²) in [6.45, 7) is 1.81. The molecule has 3 rings (SSSR count). The van der Waals surface area contributed by atoms with Crippen LogP contribution in [0.15, 0.2) is 18.2 Å². The summed E-state index contributed by atoms with van der Waals surface area (Å²) < 4.78 is 2.07. The van der Waals surface area contributed by atoms with E-state index in [0.717, 1.165) is 23.9 Å². The van der Waals surface area contributed by atoms with E-state index in [4.69, 9.17) is 5.26 Å². The molecule has 2 N–H and O–H groups in total. The molecule has 1 saturated carbocycles. The molecule has 1 aromatic heterocycles. The number of imidazole rings is 1. The van der Waals surface area contributed by atoms with Crippen molar-refractivity contribution < 1.29 is 4.79 Å². The van der Waals surface area contributed by atoms with Gasteiger partial charge in [0.25, 0.3) is 0 Å². The lowest BCUT2D eigenvalue weighted by atomic mass is 9.92. The quantitative estimate of drug-likeness (QED) is 0.901. The zero-order valence-electron chi connectivity index (χ0n) is 13.2. The Kier molecular flexibility index (Phi) is 5.24. The van der Waals surface area contributed by atoms with Crippen LogP contribution < -0.4 is 10.6 Å². The fraction of sp³-hybridized carbons (Fsp3) is 0.438. The lowest BCUT2D eigenvalue weighted by Gasteiger charge is -2.29. The second-order valence-corrected chi connectivity index (χ2v) is 5.71. The summed E-state index contributed by atoms with van der Waals surface area (Å²) in [5.41, 5.74) is 2.32. The van der Waals surface area contributed by atoms with E-state index < -0.39 is 0 Å². The predicted molar refractivity (Wildman–Crippen MR) is 91.7 cm³/mol. The van der Waals surface area contributed by atoms with Gasteiger partial charge in [0.15, 0.2) is 0 Å². The van der Waals surface area contributed by atoms with Gasteiger partial charge in [-0.2, -0.15) is 5.26 Å². The van der Waals surface area contributed by atoms with Gasteiger partial charge in [-0.15, -0.1) is 12.4 Å². The van der Waals surface area contributed by atoms with Crippen molar-refractivity contribution in [1.82, 2.24) is 14.9 Å². The van der Waals surface area contributed by atoms with Gasteiger partial charge in [0.05, 0.1) is 28.7 Å². The number of nitrogens with zero attached hydrogens (tertiary/aromatic N) is 3. The number of benzene rings is 1. The van der Waals surface area contributed by atoms with Crippen LogP contribution in [0, 0.1) is 11.3 Å². The van der Waals surface area contributed by atoms with Crippen LogP contribution in [0.4, 0.5) is 5.95 Å². The summed E-state index contributed by atoms with van der Waals surface area (Å²) in [4.78, 5) is 16.7. The van der Waals surface area contributed by atoms with E-state index in [0.29, 0.717) is 17.6 Å². The maximum Gasteiger partial charge on any atom is 0.243 e. The van der Waals surface area contributed by atoms with Crippen molar-refractivity contribution in [2.45, 2.75) is 38.3 Å². The smallest absolute Gasteiger partial charge is 0.243 e. The first-order valence-corrected chi connectivity index (χ1v) is 7.54. The summed E-state index contributed by atoms with van der Waals surface area (Å²) in [5, 5.41) is 14.9. The highest BCUT2D eigenvalue weighted by Gasteiger charge is 2.26. The van der Waals surface area contributed by atoms with Crippen molar-refractivity contribution in [3.8, 4) is 6.07 Å². The highest BCUT2D eigenvalue weighted by molar-refractivity contribution is 5.95. The lowest BCUT2D eigenvalue weighted by molar-refractivity contribution is -0.117. The van der Waals surface area contributed by atoms with Crippen molar-refractivity contribution >= 4 is 35.3 Å². The third kappa shape index (κ3) is 3.16. The van der Waals surface area contributed by atoms with Gasteiger partial charge in [-0.1, -0.05) is 0 Å². The van der Waals surface area contributed by atoms with E-state index >= 15 is 0 Å². The maximum absolute atomic E-state index is 12.1. The molecule has 0 bridgehead atoms. The van der Waals surface area contributed by atoms with E-state index in [1.54, 1.807) is 20.0 Å². The zero-order valence-corrected chi connectivity index (χ0v) is 14.0. The van der Waals surface area contributed by atoms with Gasteiger partial charge < -0.3 is 9.88 Å². The van der Waals surface area contributed by atoms with E-state index in [1.807, 2.05) is 12.1 Å². The predicted octanol–water partition coefficient (Wildman–Crippen LogP) is 2.60.